The molecule has 7 heteroatoms. The smallest absolute Gasteiger partial charge is 0.335 e. The molecule has 0 unspecified atom stereocenters. The molecule has 104 valence electrons. The maximum Gasteiger partial charge on any atom is 0.335 e. The van der Waals surface area contributed by atoms with Gasteiger partial charge in [0.15, 0.2) is 0 Å². The minimum absolute atomic E-state index is 0.0167. The van der Waals surface area contributed by atoms with E-state index in [1.165, 1.54) is 16.4 Å². The topological polar surface area (TPSA) is 83.9 Å². The van der Waals surface area contributed by atoms with Crippen LogP contribution in [0.15, 0.2) is 18.2 Å². The molecule has 0 amide bonds. The molecule has 19 heavy (non-hydrogen) atoms. The molecule has 0 atom stereocenters. The number of carboxylic acid groups (broad SMARTS) is 1. The summed E-state index contributed by atoms with van der Waals surface area (Å²) in [6.45, 7) is 2.53. The first-order valence-electron chi connectivity index (χ1n) is 5.95. The highest BCUT2D eigenvalue weighted by atomic mass is 32.2. The third-order valence-electron chi connectivity index (χ3n) is 2.84. The summed E-state index contributed by atoms with van der Waals surface area (Å²) in [4.78, 5) is 11.1. The third-order valence-corrected chi connectivity index (χ3v) is 4.71. The van der Waals surface area contributed by atoms with E-state index in [2.05, 4.69) is 0 Å². The first-order valence-corrected chi connectivity index (χ1v) is 7.56. The van der Waals surface area contributed by atoms with Crippen molar-refractivity contribution in [1.82, 2.24) is 0 Å². The average Bonchev–Trinajstić information content (AvgIpc) is 2.69. The monoisotopic (exact) mass is 285 g/mol. The van der Waals surface area contributed by atoms with Crippen LogP contribution >= 0.6 is 0 Å². The van der Waals surface area contributed by atoms with Crippen LogP contribution in [-0.4, -0.2) is 38.4 Å². The van der Waals surface area contributed by atoms with E-state index in [0.29, 0.717) is 31.0 Å². The van der Waals surface area contributed by atoms with Crippen molar-refractivity contribution in [2.24, 2.45) is 0 Å². The second-order valence-corrected chi connectivity index (χ2v) is 6.21. The van der Waals surface area contributed by atoms with E-state index in [-0.39, 0.29) is 11.3 Å². The third kappa shape index (κ3) is 2.81. The van der Waals surface area contributed by atoms with Crippen molar-refractivity contribution in [3.63, 3.8) is 0 Å². The Labute approximate surface area is 111 Å². The number of anilines is 1. The Kier molecular flexibility index (Phi) is 3.66. The molecule has 6 nitrogen and oxygen atoms in total. The Morgan fingerprint density at radius 2 is 2.16 bits per heavy atom. The van der Waals surface area contributed by atoms with Crippen LogP contribution in [-0.2, 0) is 10.0 Å². The van der Waals surface area contributed by atoms with Gasteiger partial charge in [0, 0.05) is 12.6 Å². The zero-order valence-electron chi connectivity index (χ0n) is 10.5. The van der Waals surface area contributed by atoms with Gasteiger partial charge in [0.25, 0.3) is 0 Å². The molecule has 1 saturated heterocycles. The second kappa shape index (κ2) is 5.08. The van der Waals surface area contributed by atoms with E-state index in [9.17, 15) is 13.2 Å². The number of rotatable bonds is 4. The maximum atomic E-state index is 11.9. The molecular weight excluding hydrogens is 270 g/mol. The van der Waals surface area contributed by atoms with Crippen molar-refractivity contribution in [2.45, 2.75) is 13.3 Å². The van der Waals surface area contributed by atoms with Gasteiger partial charge in [0.1, 0.15) is 5.75 Å². The van der Waals surface area contributed by atoms with E-state index in [0.717, 1.165) is 0 Å². The molecule has 0 aromatic heterocycles. The SMILES string of the molecule is CCOc1cc(C(=O)O)cc(N2CCCS2(=O)=O)c1. The molecule has 0 bridgehead atoms. The maximum absolute atomic E-state index is 11.9. The number of hydrogen-bond donors (Lipinski definition) is 1. The highest BCUT2D eigenvalue weighted by Crippen LogP contribution is 2.29. The summed E-state index contributed by atoms with van der Waals surface area (Å²) < 4.78 is 30.2. The van der Waals surface area contributed by atoms with Gasteiger partial charge < -0.3 is 9.84 Å². The van der Waals surface area contributed by atoms with E-state index in [1.54, 1.807) is 13.0 Å². The molecular formula is C12H15NO5S. The van der Waals surface area contributed by atoms with Gasteiger partial charge in [0.05, 0.1) is 23.6 Å². The van der Waals surface area contributed by atoms with Crippen LogP contribution in [0.2, 0.25) is 0 Å². The summed E-state index contributed by atoms with van der Waals surface area (Å²) in [5, 5.41) is 9.05. The number of carboxylic acids is 1. The van der Waals surface area contributed by atoms with Gasteiger partial charge in [0.2, 0.25) is 10.0 Å². The molecule has 1 N–H and O–H groups in total. The van der Waals surface area contributed by atoms with Gasteiger partial charge in [-0.1, -0.05) is 0 Å². The number of hydrogen-bond acceptors (Lipinski definition) is 4. The fraction of sp³-hybridized carbons (Fsp3) is 0.417. The van der Waals surface area contributed by atoms with Gasteiger partial charge in [-0.2, -0.15) is 0 Å². The van der Waals surface area contributed by atoms with Gasteiger partial charge in [-0.05, 0) is 25.5 Å². The molecule has 1 aromatic rings. The van der Waals surface area contributed by atoms with Crippen LogP contribution in [0.5, 0.6) is 5.75 Å². The first kappa shape index (κ1) is 13.7. The van der Waals surface area contributed by atoms with Gasteiger partial charge >= 0.3 is 5.97 Å². The lowest BCUT2D eigenvalue weighted by molar-refractivity contribution is 0.0696. The Balaban J connectivity index is 2.47. The fourth-order valence-corrected chi connectivity index (χ4v) is 3.58. The van der Waals surface area contributed by atoms with E-state index >= 15 is 0 Å². The predicted octanol–water partition coefficient (Wildman–Crippen LogP) is 1.32. The Bertz CT molecular complexity index is 596. The summed E-state index contributed by atoms with van der Waals surface area (Å²) in [6.07, 6.45) is 0.545. The van der Waals surface area contributed by atoms with E-state index in [4.69, 9.17) is 9.84 Å². The summed E-state index contributed by atoms with van der Waals surface area (Å²) in [6, 6.07) is 4.30. The Morgan fingerprint density at radius 1 is 1.42 bits per heavy atom. The number of nitrogens with zero attached hydrogens (tertiary/aromatic N) is 1. The highest BCUT2D eigenvalue weighted by Gasteiger charge is 2.29. The van der Waals surface area contributed by atoms with Crippen LogP contribution < -0.4 is 9.04 Å². The molecule has 1 fully saturated rings. The minimum Gasteiger partial charge on any atom is -0.494 e. The number of ether oxygens (including phenoxy) is 1. The zero-order valence-corrected chi connectivity index (χ0v) is 11.3. The minimum atomic E-state index is -3.33. The second-order valence-electron chi connectivity index (χ2n) is 4.20. The van der Waals surface area contributed by atoms with Crippen LogP contribution in [0.4, 0.5) is 5.69 Å². The lowest BCUT2D eigenvalue weighted by atomic mass is 10.2. The van der Waals surface area contributed by atoms with E-state index in [1.807, 2.05) is 0 Å². The summed E-state index contributed by atoms with van der Waals surface area (Å²) in [5.74, 6) is -0.659. The van der Waals surface area contributed by atoms with Crippen molar-refractivity contribution in [1.29, 1.82) is 0 Å². The van der Waals surface area contributed by atoms with Crippen molar-refractivity contribution < 1.29 is 23.1 Å². The summed E-state index contributed by atoms with van der Waals surface area (Å²) in [5.41, 5.74) is 0.365. The zero-order chi connectivity index (χ0) is 14.0. The van der Waals surface area contributed by atoms with Gasteiger partial charge in [-0.3, -0.25) is 4.31 Å². The first-order chi connectivity index (χ1) is 8.94. The van der Waals surface area contributed by atoms with Crippen LogP contribution in [0.1, 0.15) is 23.7 Å². The molecule has 0 radical (unpaired) electrons. The van der Waals surface area contributed by atoms with Gasteiger partial charge in [-0.15, -0.1) is 0 Å². The standard InChI is InChI=1S/C12H15NO5S/c1-2-18-11-7-9(12(14)15)6-10(8-11)13-4-3-5-19(13,16)17/h6-8H,2-5H2,1H3,(H,14,15). The molecule has 0 spiro atoms. The van der Waals surface area contributed by atoms with Crippen molar-refractivity contribution in [2.75, 3.05) is 23.2 Å². The van der Waals surface area contributed by atoms with Crippen molar-refractivity contribution in [3.05, 3.63) is 23.8 Å². The van der Waals surface area contributed by atoms with Crippen LogP contribution in [0, 0.1) is 0 Å². The largest absolute Gasteiger partial charge is 0.494 e. The average molecular weight is 285 g/mol. The summed E-state index contributed by atoms with van der Waals surface area (Å²) in [7, 11) is -3.33. The lowest BCUT2D eigenvalue weighted by Crippen LogP contribution is -2.25. The Morgan fingerprint density at radius 3 is 2.68 bits per heavy atom. The normalized spacial score (nSPS) is 17.4. The van der Waals surface area contributed by atoms with Crippen molar-refractivity contribution >= 4 is 21.7 Å². The number of benzene rings is 1. The van der Waals surface area contributed by atoms with E-state index < -0.39 is 16.0 Å². The quantitative estimate of drug-likeness (QED) is 0.902. The lowest BCUT2D eigenvalue weighted by Gasteiger charge is -2.18. The van der Waals surface area contributed by atoms with Crippen molar-refractivity contribution in [3.8, 4) is 5.75 Å². The Hall–Kier alpha value is -1.76. The van der Waals surface area contributed by atoms with Crippen LogP contribution in [0.25, 0.3) is 0 Å². The number of carbonyl (C=O) groups is 1. The molecule has 1 aromatic carbocycles. The highest BCUT2D eigenvalue weighted by molar-refractivity contribution is 7.93. The number of sulfonamides is 1. The molecule has 0 saturated carbocycles. The molecule has 1 heterocycles. The molecule has 0 aliphatic carbocycles. The molecule has 1 aliphatic heterocycles. The molecule has 2 rings (SSSR count). The van der Waals surface area contributed by atoms with Crippen LogP contribution in [0.3, 0.4) is 0 Å². The van der Waals surface area contributed by atoms with Gasteiger partial charge in [-0.25, -0.2) is 13.2 Å². The number of aromatic carboxylic acids is 1. The molecule has 1 aliphatic rings. The fourth-order valence-electron chi connectivity index (χ4n) is 2.03. The summed E-state index contributed by atoms with van der Waals surface area (Å²) >= 11 is 0. The predicted molar refractivity (Wildman–Crippen MR) is 70.3 cm³/mol.